The highest BCUT2D eigenvalue weighted by atomic mass is 19.1. The van der Waals surface area contributed by atoms with Crippen molar-refractivity contribution >= 4 is 11.7 Å². The van der Waals surface area contributed by atoms with Crippen LogP contribution in [0.25, 0.3) is 11.1 Å². The number of rotatable bonds is 4. The molecule has 0 saturated carbocycles. The molecule has 3 heterocycles. The average molecular weight is 365 g/mol. The van der Waals surface area contributed by atoms with E-state index in [1.807, 2.05) is 29.3 Å². The molecule has 0 radical (unpaired) electrons. The number of piperazine rings is 1. The van der Waals surface area contributed by atoms with Crippen molar-refractivity contribution in [1.29, 1.82) is 0 Å². The Bertz CT molecular complexity index is 902. The minimum absolute atomic E-state index is 0.0458. The highest BCUT2D eigenvalue weighted by Crippen LogP contribution is 2.19. The monoisotopic (exact) mass is 365 g/mol. The number of carbonyl (C=O) groups excluding carboxylic acids is 1. The zero-order valence-corrected chi connectivity index (χ0v) is 14.8. The summed E-state index contributed by atoms with van der Waals surface area (Å²) in [5.74, 6) is 0.719. The fourth-order valence-electron chi connectivity index (χ4n) is 3.21. The molecule has 4 rings (SSSR count). The van der Waals surface area contributed by atoms with E-state index >= 15 is 0 Å². The SMILES string of the molecule is O=C(Cn1cc(-c2ccc(F)cc2)cn1)N1CCN(c2ccccn2)CC1. The van der Waals surface area contributed by atoms with Crippen molar-refractivity contribution in [2.45, 2.75) is 6.54 Å². The van der Waals surface area contributed by atoms with E-state index in [4.69, 9.17) is 0 Å². The second-order valence-corrected chi connectivity index (χ2v) is 6.49. The second kappa shape index (κ2) is 7.57. The predicted molar refractivity (Wildman–Crippen MR) is 101 cm³/mol. The van der Waals surface area contributed by atoms with Crippen LogP contribution in [0.2, 0.25) is 0 Å². The molecule has 7 heteroatoms. The molecule has 3 aromatic rings. The van der Waals surface area contributed by atoms with Crippen LogP contribution in [0.3, 0.4) is 0 Å². The summed E-state index contributed by atoms with van der Waals surface area (Å²) in [7, 11) is 0. The third-order valence-corrected chi connectivity index (χ3v) is 4.71. The molecule has 1 amide bonds. The van der Waals surface area contributed by atoms with Gasteiger partial charge in [-0.3, -0.25) is 9.48 Å². The van der Waals surface area contributed by atoms with Crippen molar-refractivity contribution in [2.75, 3.05) is 31.1 Å². The molecule has 1 aromatic carbocycles. The van der Waals surface area contributed by atoms with E-state index in [0.29, 0.717) is 13.1 Å². The Labute approximate surface area is 156 Å². The Hall–Kier alpha value is -3.22. The number of hydrogen-bond donors (Lipinski definition) is 0. The molecule has 0 bridgehead atoms. The van der Waals surface area contributed by atoms with Crippen molar-refractivity contribution in [2.24, 2.45) is 0 Å². The van der Waals surface area contributed by atoms with Gasteiger partial charge in [-0.1, -0.05) is 18.2 Å². The first-order valence-electron chi connectivity index (χ1n) is 8.91. The van der Waals surface area contributed by atoms with E-state index in [1.165, 1.54) is 12.1 Å². The van der Waals surface area contributed by atoms with Crippen LogP contribution in [-0.2, 0) is 11.3 Å². The van der Waals surface area contributed by atoms with Gasteiger partial charge in [-0.15, -0.1) is 0 Å². The first-order chi connectivity index (χ1) is 13.2. The van der Waals surface area contributed by atoms with Crippen LogP contribution in [0.1, 0.15) is 0 Å². The molecule has 0 atom stereocenters. The molecule has 0 unspecified atom stereocenters. The van der Waals surface area contributed by atoms with Gasteiger partial charge in [-0.25, -0.2) is 9.37 Å². The molecule has 138 valence electrons. The van der Waals surface area contributed by atoms with Gasteiger partial charge in [0.2, 0.25) is 5.91 Å². The van der Waals surface area contributed by atoms with Gasteiger partial charge in [0.25, 0.3) is 0 Å². The smallest absolute Gasteiger partial charge is 0.244 e. The van der Waals surface area contributed by atoms with Crippen molar-refractivity contribution in [1.82, 2.24) is 19.7 Å². The van der Waals surface area contributed by atoms with Crippen molar-refractivity contribution < 1.29 is 9.18 Å². The summed E-state index contributed by atoms with van der Waals surface area (Å²) >= 11 is 0. The summed E-state index contributed by atoms with van der Waals surface area (Å²) < 4.78 is 14.7. The molecule has 1 saturated heterocycles. The van der Waals surface area contributed by atoms with Gasteiger partial charge in [-0.05, 0) is 29.8 Å². The summed E-state index contributed by atoms with van der Waals surface area (Å²) in [6.07, 6.45) is 5.29. The summed E-state index contributed by atoms with van der Waals surface area (Å²) in [4.78, 5) is 21.0. The molecule has 6 nitrogen and oxygen atoms in total. The highest BCUT2D eigenvalue weighted by molar-refractivity contribution is 5.76. The van der Waals surface area contributed by atoms with E-state index < -0.39 is 0 Å². The molecule has 0 N–H and O–H groups in total. The first kappa shape index (κ1) is 17.2. The lowest BCUT2D eigenvalue weighted by molar-refractivity contribution is -0.132. The molecule has 1 aliphatic rings. The van der Waals surface area contributed by atoms with Crippen LogP contribution in [-0.4, -0.2) is 51.8 Å². The summed E-state index contributed by atoms with van der Waals surface area (Å²) in [6.45, 7) is 3.07. The highest BCUT2D eigenvalue weighted by Gasteiger charge is 2.22. The van der Waals surface area contributed by atoms with Crippen LogP contribution in [0.5, 0.6) is 0 Å². The molecular formula is C20H20FN5O. The van der Waals surface area contributed by atoms with E-state index in [1.54, 1.807) is 29.2 Å². The van der Waals surface area contributed by atoms with Crippen molar-refractivity contribution in [3.63, 3.8) is 0 Å². The Balaban J connectivity index is 1.34. The number of benzene rings is 1. The number of amides is 1. The van der Waals surface area contributed by atoms with Crippen LogP contribution in [0, 0.1) is 5.82 Å². The van der Waals surface area contributed by atoms with Crippen molar-refractivity contribution in [3.05, 3.63) is 66.9 Å². The predicted octanol–water partition coefficient (Wildman–Crippen LogP) is 2.43. The maximum Gasteiger partial charge on any atom is 0.244 e. The normalized spacial score (nSPS) is 14.4. The van der Waals surface area contributed by atoms with Gasteiger partial charge in [0, 0.05) is 44.1 Å². The average Bonchev–Trinajstić information content (AvgIpc) is 3.18. The van der Waals surface area contributed by atoms with Gasteiger partial charge in [0.1, 0.15) is 18.2 Å². The second-order valence-electron chi connectivity index (χ2n) is 6.49. The van der Waals surface area contributed by atoms with Gasteiger partial charge in [0.05, 0.1) is 6.20 Å². The molecule has 1 aliphatic heterocycles. The molecule has 0 spiro atoms. The zero-order valence-electron chi connectivity index (χ0n) is 14.8. The van der Waals surface area contributed by atoms with E-state index in [2.05, 4.69) is 15.0 Å². The van der Waals surface area contributed by atoms with Crippen LogP contribution in [0.15, 0.2) is 61.1 Å². The number of halogens is 1. The Kier molecular flexibility index (Phi) is 4.82. The largest absolute Gasteiger partial charge is 0.353 e. The lowest BCUT2D eigenvalue weighted by Gasteiger charge is -2.35. The third kappa shape index (κ3) is 3.97. The fraction of sp³-hybridized carbons (Fsp3) is 0.250. The van der Waals surface area contributed by atoms with Crippen LogP contribution < -0.4 is 4.90 Å². The molecular weight excluding hydrogens is 345 g/mol. The van der Waals surface area contributed by atoms with Gasteiger partial charge in [0.15, 0.2) is 0 Å². The summed E-state index contributed by atoms with van der Waals surface area (Å²) in [5.41, 5.74) is 1.74. The maximum atomic E-state index is 13.0. The lowest BCUT2D eigenvalue weighted by atomic mass is 10.1. The number of anilines is 1. The van der Waals surface area contributed by atoms with Gasteiger partial charge >= 0.3 is 0 Å². The fourth-order valence-corrected chi connectivity index (χ4v) is 3.21. The number of nitrogens with zero attached hydrogens (tertiary/aromatic N) is 5. The standard InChI is InChI=1S/C20H20FN5O/c21-18-6-4-16(5-7-18)17-13-23-26(14-17)15-20(27)25-11-9-24(10-12-25)19-3-1-2-8-22-19/h1-8,13-14H,9-12,15H2. The maximum absolute atomic E-state index is 13.0. The zero-order chi connectivity index (χ0) is 18.6. The molecule has 2 aromatic heterocycles. The summed E-state index contributed by atoms with van der Waals surface area (Å²) in [5, 5.41) is 4.27. The molecule has 0 aliphatic carbocycles. The minimum Gasteiger partial charge on any atom is -0.353 e. The van der Waals surface area contributed by atoms with Crippen LogP contribution >= 0.6 is 0 Å². The first-order valence-corrected chi connectivity index (χ1v) is 8.91. The number of hydrogen-bond acceptors (Lipinski definition) is 4. The number of carbonyl (C=O) groups is 1. The van der Waals surface area contributed by atoms with E-state index in [9.17, 15) is 9.18 Å². The summed E-state index contributed by atoms with van der Waals surface area (Å²) in [6, 6.07) is 12.1. The van der Waals surface area contributed by atoms with Gasteiger partial charge < -0.3 is 9.80 Å². The number of aromatic nitrogens is 3. The Morgan fingerprint density at radius 1 is 1.00 bits per heavy atom. The van der Waals surface area contributed by atoms with E-state index in [-0.39, 0.29) is 18.3 Å². The Morgan fingerprint density at radius 2 is 1.78 bits per heavy atom. The van der Waals surface area contributed by atoms with Gasteiger partial charge in [-0.2, -0.15) is 5.10 Å². The Morgan fingerprint density at radius 3 is 2.48 bits per heavy atom. The minimum atomic E-state index is -0.272. The molecule has 27 heavy (non-hydrogen) atoms. The number of pyridine rings is 1. The topological polar surface area (TPSA) is 54.3 Å². The lowest BCUT2D eigenvalue weighted by Crippen LogP contribution is -2.49. The third-order valence-electron chi connectivity index (χ3n) is 4.71. The van der Waals surface area contributed by atoms with Crippen LogP contribution in [0.4, 0.5) is 10.2 Å². The quantitative estimate of drug-likeness (QED) is 0.713. The van der Waals surface area contributed by atoms with Crippen molar-refractivity contribution in [3.8, 4) is 11.1 Å². The van der Waals surface area contributed by atoms with E-state index in [0.717, 1.165) is 30.0 Å². The molecule has 1 fully saturated rings.